The molecule has 0 unspecified atom stereocenters. The lowest BCUT2D eigenvalue weighted by molar-refractivity contribution is -0.632. The topological polar surface area (TPSA) is 101 Å². The summed E-state index contributed by atoms with van der Waals surface area (Å²) in [7, 11) is 1.53. The molecule has 0 aliphatic carbocycles. The quantitative estimate of drug-likeness (QED) is 0.574. The van der Waals surface area contributed by atoms with Gasteiger partial charge in [-0.05, 0) is 24.6 Å². The molecule has 144 valence electrons. The van der Waals surface area contributed by atoms with Crippen LogP contribution < -0.4 is 16.0 Å². The highest BCUT2D eigenvalue weighted by molar-refractivity contribution is 7.15. The molecule has 0 aliphatic rings. The van der Waals surface area contributed by atoms with E-state index >= 15 is 0 Å². The molecule has 2 aromatic rings. The fourth-order valence-corrected chi connectivity index (χ4v) is 3.41. The Morgan fingerprint density at radius 1 is 1.15 bits per heavy atom. The van der Waals surface area contributed by atoms with Gasteiger partial charge in [0, 0.05) is 23.0 Å². The van der Waals surface area contributed by atoms with Crippen molar-refractivity contribution in [3.05, 3.63) is 40.2 Å². The van der Waals surface area contributed by atoms with Crippen LogP contribution in [0.2, 0.25) is 5.02 Å². The summed E-state index contributed by atoms with van der Waals surface area (Å²) in [5, 5.41) is 9.58. The van der Waals surface area contributed by atoms with Crippen molar-refractivity contribution in [2.45, 2.75) is 6.92 Å². The first-order chi connectivity index (χ1) is 13.0. The minimum Gasteiger partial charge on any atom is -0.462 e. The lowest BCUT2D eigenvalue weighted by Gasteiger charge is -2.08. The standard InChI is InChI=1S/C18H20ClN3O4S/c1-3-26-18(25)16-13(11-4-6-12(19)7-5-11)10-27-17(16)22-15(24)9-21-8-14(23)20-2/h4-7,10,21H,3,8-9H2,1-2H3,(H,20,23)(H,22,24)/p+1. The largest absolute Gasteiger partial charge is 0.462 e. The molecule has 27 heavy (non-hydrogen) atoms. The van der Waals surface area contributed by atoms with Crippen LogP contribution in [0.15, 0.2) is 29.6 Å². The number of anilines is 1. The summed E-state index contributed by atoms with van der Waals surface area (Å²) < 4.78 is 5.15. The van der Waals surface area contributed by atoms with Gasteiger partial charge in [-0.2, -0.15) is 0 Å². The zero-order valence-electron chi connectivity index (χ0n) is 15.0. The third-order valence-electron chi connectivity index (χ3n) is 3.62. The lowest BCUT2D eigenvalue weighted by Crippen LogP contribution is -2.88. The van der Waals surface area contributed by atoms with Crippen molar-refractivity contribution in [1.82, 2.24) is 5.32 Å². The van der Waals surface area contributed by atoms with Crippen molar-refractivity contribution in [3.63, 3.8) is 0 Å². The van der Waals surface area contributed by atoms with E-state index in [1.54, 1.807) is 41.9 Å². The Bertz CT molecular complexity index is 821. The van der Waals surface area contributed by atoms with Crippen molar-refractivity contribution < 1.29 is 24.4 Å². The summed E-state index contributed by atoms with van der Waals surface area (Å²) >= 11 is 7.17. The predicted octanol–water partition coefficient (Wildman–Crippen LogP) is 1.49. The molecule has 0 spiro atoms. The first-order valence-electron chi connectivity index (χ1n) is 8.32. The Morgan fingerprint density at radius 2 is 1.81 bits per heavy atom. The number of carbonyl (C=O) groups excluding carboxylic acids is 3. The fourth-order valence-electron chi connectivity index (χ4n) is 2.31. The van der Waals surface area contributed by atoms with Crippen molar-refractivity contribution in [2.24, 2.45) is 0 Å². The number of hydrogen-bond acceptors (Lipinski definition) is 5. The van der Waals surface area contributed by atoms with E-state index in [0.29, 0.717) is 21.2 Å². The molecular formula is C18H21ClN3O4S+. The van der Waals surface area contributed by atoms with Gasteiger partial charge < -0.3 is 20.7 Å². The SMILES string of the molecule is CCOC(=O)c1c(-c2ccc(Cl)cc2)csc1NC(=O)C[NH2+]CC(=O)NC. The second kappa shape index (κ2) is 10.1. The van der Waals surface area contributed by atoms with Crippen LogP contribution in [-0.4, -0.2) is 44.5 Å². The number of rotatable bonds is 8. The van der Waals surface area contributed by atoms with Gasteiger partial charge in [0.25, 0.3) is 11.8 Å². The smallest absolute Gasteiger partial charge is 0.341 e. The average molecular weight is 411 g/mol. The molecule has 1 aromatic heterocycles. The van der Waals surface area contributed by atoms with E-state index in [2.05, 4.69) is 10.6 Å². The first-order valence-corrected chi connectivity index (χ1v) is 9.58. The number of halogens is 1. The van der Waals surface area contributed by atoms with Crippen LogP contribution in [0.5, 0.6) is 0 Å². The van der Waals surface area contributed by atoms with E-state index in [1.807, 2.05) is 0 Å². The predicted molar refractivity (Wildman–Crippen MR) is 105 cm³/mol. The summed E-state index contributed by atoms with van der Waals surface area (Å²) in [5.41, 5.74) is 1.77. The molecule has 2 amide bonds. The summed E-state index contributed by atoms with van der Waals surface area (Å²) in [6.07, 6.45) is 0. The molecule has 4 N–H and O–H groups in total. The Labute approximate surface area is 166 Å². The van der Waals surface area contributed by atoms with Crippen LogP contribution in [0.4, 0.5) is 5.00 Å². The number of likely N-dealkylation sites (N-methyl/N-ethyl adjacent to an activating group) is 1. The average Bonchev–Trinajstić information content (AvgIpc) is 3.05. The molecule has 0 saturated carbocycles. The summed E-state index contributed by atoms with van der Waals surface area (Å²) in [6.45, 7) is 2.15. The van der Waals surface area contributed by atoms with Gasteiger partial charge >= 0.3 is 5.97 Å². The second-order valence-corrected chi connectivity index (χ2v) is 6.82. The molecule has 0 bridgehead atoms. The van der Waals surface area contributed by atoms with Gasteiger partial charge in [-0.25, -0.2) is 4.79 Å². The molecule has 1 heterocycles. The minimum absolute atomic E-state index is 0.0594. The van der Waals surface area contributed by atoms with Gasteiger partial charge in [-0.1, -0.05) is 23.7 Å². The Kier molecular flexibility index (Phi) is 7.78. The monoisotopic (exact) mass is 410 g/mol. The van der Waals surface area contributed by atoms with Crippen LogP contribution in [0.3, 0.4) is 0 Å². The number of thiophene rings is 1. The summed E-state index contributed by atoms with van der Waals surface area (Å²) in [4.78, 5) is 35.8. The molecule has 0 radical (unpaired) electrons. The highest BCUT2D eigenvalue weighted by Crippen LogP contribution is 2.36. The highest BCUT2D eigenvalue weighted by atomic mass is 35.5. The molecule has 0 fully saturated rings. The van der Waals surface area contributed by atoms with Gasteiger partial charge in [0.15, 0.2) is 13.1 Å². The van der Waals surface area contributed by atoms with Crippen LogP contribution in [0.25, 0.3) is 11.1 Å². The number of amides is 2. The molecule has 2 rings (SSSR count). The fraction of sp³-hybridized carbons (Fsp3) is 0.278. The van der Waals surface area contributed by atoms with Crippen LogP contribution in [0, 0.1) is 0 Å². The van der Waals surface area contributed by atoms with Crippen LogP contribution in [-0.2, 0) is 14.3 Å². The van der Waals surface area contributed by atoms with E-state index in [4.69, 9.17) is 16.3 Å². The van der Waals surface area contributed by atoms with Crippen molar-refractivity contribution in [2.75, 3.05) is 32.1 Å². The highest BCUT2D eigenvalue weighted by Gasteiger charge is 2.23. The minimum atomic E-state index is -0.506. The molecule has 9 heteroatoms. The van der Waals surface area contributed by atoms with E-state index in [9.17, 15) is 14.4 Å². The molecule has 0 atom stereocenters. The zero-order valence-corrected chi connectivity index (χ0v) is 16.6. The zero-order chi connectivity index (χ0) is 19.8. The Balaban J connectivity index is 2.20. The van der Waals surface area contributed by atoms with Crippen molar-refractivity contribution in [1.29, 1.82) is 0 Å². The second-order valence-electron chi connectivity index (χ2n) is 5.50. The normalized spacial score (nSPS) is 10.3. The number of benzene rings is 1. The molecular weight excluding hydrogens is 390 g/mol. The van der Waals surface area contributed by atoms with Gasteiger partial charge in [-0.15, -0.1) is 11.3 Å². The van der Waals surface area contributed by atoms with E-state index in [0.717, 1.165) is 5.56 Å². The number of nitrogens with one attached hydrogen (secondary N) is 2. The third-order valence-corrected chi connectivity index (χ3v) is 4.76. The molecule has 0 aliphatic heterocycles. The number of quaternary nitrogens is 1. The Hall–Kier alpha value is -2.42. The first kappa shape index (κ1) is 20.9. The Morgan fingerprint density at radius 3 is 2.44 bits per heavy atom. The maximum absolute atomic E-state index is 12.5. The molecule has 0 saturated heterocycles. The summed E-state index contributed by atoms with van der Waals surface area (Å²) in [5.74, 6) is -0.988. The van der Waals surface area contributed by atoms with Crippen molar-refractivity contribution in [3.8, 4) is 11.1 Å². The van der Waals surface area contributed by atoms with Gasteiger partial charge in [0.05, 0.1) is 6.61 Å². The van der Waals surface area contributed by atoms with Crippen LogP contribution >= 0.6 is 22.9 Å². The third kappa shape index (κ3) is 5.78. The van der Waals surface area contributed by atoms with Gasteiger partial charge in [0.2, 0.25) is 0 Å². The van der Waals surface area contributed by atoms with Gasteiger partial charge in [0.1, 0.15) is 10.6 Å². The number of nitrogens with two attached hydrogens (primary N) is 1. The van der Waals surface area contributed by atoms with Crippen LogP contribution in [0.1, 0.15) is 17.3 Å². The molecule has 1 aromatic carbocycles. The number of carbonyl (C=O) groups is 3. The van der Waals surface area contributed by atoms with E-state index in [-0.39, 0.29) is 31.5 Å². The van der Waals surface area contributed by atoms with E-state index in [1.165, 1.54) is 18.4 Å². The molecule has 7 nitrogen and oxygen atoms in total. The summed E-state index contributed by atoms with van der Waals surface area (Å²) in [6, 6.07) is 7.07. The maximum Gasteiger partial charge on any atom is 0.341 e. The van der Waals surface area contributed by atoms with Gasteiger partial charge in [-0.3, -0.25) is 9.59 Å². The number of esters is 1. The number of ether oxygens (including phenoxy) is 1. The van der Waals surface area contributed by atoms with Crippen molar-refractivity contribution >= 4 is 45.7 Å². The van der Waals surface area contributed by atoms with E-state index < -0.39 is 5.97 Å². The maximum atomic E-state index is 12.5. The number of hydrogen-bond donors (Lipinski definition) is 3. The lowest BCUT2D eigenvalue weighted by atomic mass is 10.0.